The maximum absolute atomic E-state index is 11.3. The Bertz CT molecular complexity index is 929. The number of phenolic OH excluding ortho intramolecular Hbond substituents is 1. The summed E-state index contributed by atoms with van der Waals surface area (Å²) < 4.78 is 9.89. The van der Waals surface area contributed by atoms with Gasteiger partial charge in [0, 0.05) is 18.4 Å². The van der Waals surface area contributed by atoms with E-state index in [4.69, 9.17) is 14.6 Å². The topological polar surface area (TPSA) is 88.6 Å². The second kappa shape index (κ2) is 8.01. The van der Waals surface area contributed by atoms with Crippen molar-refractivity contribution in [3.8, 4) is 17.2 Å². The molecule has 0 amide bonds. The molecule has 0 unspecified atom stereocenters. The van der Waals surface area contributed by atoms with E-state index in [9.17, 15) is 9.59 Å². The van der Waals surface area contributed by atoms with Gasteiger partial charge < -0.3 is 19.6 Å². The quantitative estimate of drug-likeness (QED) is 0.552. The van der Waals surface area contributed by atoms with Crippen LogP contribution in [0.25, 0.3) is 10.9 Å². The largest absolute Gasteiger partial charge is 0.508 e. The van der Waals surface area contributed by atoms with E-state index in [1.807, 2.05) is 25.1 Å². The van der Waals surface area contributed by atoms with E-state index < -0.39 is 0 Å². The first-order valence-electron chi connectivity index (χ1n) is 7.55. The van der Waals surface area contributed by atoms with Gasteiger partial charge in [0.25, 0.3) is 0 Å². The number of para-hydroxylation sites is 1. The van der Waals surface area contributed by atoms with E-state index in [0.29, 0.717) is 11.5 Å². The second-order valence-corrected chi connectivity index (χ2v) is 5.29. The van der Waals surface area contributed by atoms with Gasteiger partial charge in [0.1, 0.15) is 17.2 Å². The molecule has 1 heterocycles. The molecule has 1 aromatic heterocycles. The number of aromatic amines is 1. The summed E-state index contributed by atoms with van der Waals surface area (Å²) >= 11 is 0. The van der Waals surface area contributed by atoms with Crippen molar-refractivity contribution in [1.29, 1.82) is 0 Å². The monoisotopic (exact) mass is 341 g/mol. The third-order valence-corrected chi connectivity index (χ3v) is 3.37. The third-order valence-electron chi connectivity index (χ3n) is 3.37. The maximum Gasteiger partial charge on any atom is 0.308 e. The molecule has 6 heteroatoms. The van der Waals surface area contributed by atoms with Crippen molar-refractivity contribution in [3.63, 3.8) is 0 Å². The Kier molecular flexibility index (Phi) is 5.79. The molecule has 3 rings (SSSR count). The van der Waals surface area contributed by atoms with Crippen molar-refractivity contribution in [2.75, 3.05) is 7.11 Å². The molecule has 0 spiro atoms. The van der Waals surface area contributed by atoms with Crippen molar-refractivity contribution in [1.82, 2.24) is 4.98 Å². The van der Waals surface area contributed by atoms with E-state index in [1.165, 1.54) is 31.2 Å². The molecule has 0 aliphatic rings. The minimum absolute atomic E-state index is 0.0977. The molecule has 25 heavy (non-hydrogen) atoms. The fourth-order valence-corrected chi connectivity index (χ4v) is 2.27. The molecule has 0 saturated carbocycles. The van der Waals surface area contributed by atoms with Crippen LogP contribution in [-0.4, -0.2) is 23.2 Å². The van der Waals surface area contributed by atoms with Gasteiger partial charge in [0.05, 0.1) is 12.6 Å². The van der Waals surface area contributed by atoms with Crippen LogP contribution >= 0.6 is 0 Å². The van der Waals surface area contributed by atoms with Gasteiger partial charge in [-0.15, -0.1) is 0 Å². The number of pyridine rings is 1. The SMILES string of the molecule is CC(=O)Oc1ccc(O)cc1.COc1cccc2c(C)cc(=O)[nH]c12. The van der Waals surface area contributed by atoms with Crippen LogP contribution in [0.4, 0.5) is 0 Å². The summed E-state index contributed by atoms with van der Waals surface area (Å²) in [6, 6.07) is 13.2. The van der Waals surface area contributed by atoms with E-state index in [0.717, 1.165) is 16.5 Å². The highest BCUT2D eigenvalue weighted by Gasteiger charge is 2.03. The summed E-state index contributed by atoms with van der Waals surface area (Å²) in [4.78, 5) is 24.4. The summed E-state index contributed by atoms with van der Waals surface area (Å²) in [5, 5.41) is 9.87. The molecule has 130 valence electrons. The first-order valence-corrected chi connectivity index (χ1v) is 7.55. The third kappa shape index (κ3) is 4.84. The fraction of sp³-hybridized carbons (Fsp3) is 0.158. The van der Waals surface area contributed by atoms with Crippen LogP contribution in [0.5, 0.6) is 17.2 Å². The number of aryl methyl sites for hydroxylation is 1. The summed E-state index contributed by atoms with van der Waals surface area (Å²) in [5.41, 5.74) is 1.63. The predicted octanol–water partition coefficient (Wildman–Crippen LogP) is 3.16. The molecule has 0 bridgehead atoms. The van der Waals surface area contributed by atoms with Crippen LogP contribution in [-0.2, 0) is 4.79 Å². The predicted molar refractivity (Wildman–Crippen MR) is 95.3 cm³/mol. The summed E-state index contributed by atoms with van der Waals surface area (Å²) in [6.45, 7) is 3.24. The highest BCUT2D eigenvalue weighted by atomic mass is 16.5. The van der Waals surface area contributed by atoms with Gasteiger partial charge in [0.2, 0.25) is 5.56 Å². The van der Waals surface area contributed by atoms with Gasteiger partial charge in [-0.1, -0.05) is 12.1 Å². The van der Waals surface area contributed by atoms with Gasteiger partial charge in [-0.3, -0.25) is 9.59 Å². The van der Waals surface area contributed by atoms with Crippen molar-refractivity contribution in [2.24, 2.45) is 0 Å². The van der Waals surface area contributed by atoms with E-state index in [1.54, 1.807) is 13.2 Å². The average molecular weight is 341 g/mol. The Morgan fingerprint density at radius 2 is 1.80 bits per heavy atom. The molecule has 0 aliphatic heterocycles. The number of methoxy groups -OCH3 is 1. The Balaban J connectivity index is 0.000000186. The van der Waals surface area contributed by atoms with Gasteiger partial charge in [-0.25, -0.2) is 0 Å². The van der Waals surface area contributed by atoms with Crippen LogP contribution in [0.1, 0.15) is 12.5 Å². The normalized spacial score (nSPS) is 9.88. The van der Waals surface area contributed by atoms with E-state index in [2.05, 4.69) is 4.98 Å². The molecule has 0 aliphatic carbocycles. The molecule has 3 aromatic rings. The minimum atomic E-state index is -0.365. The van der Waals surface area contributed by atoms with E-state index >= 15 is 0 Å². The lowest BCUT2D eigenvalue weighted by Gasteiger charge is -2.05. The molecule has 6 nitrogen and oxygen atoms in total. The number of rotatable bonds is 2. The number of fused-ring (bicyclic) bond motifs is 1. The zero-order valence-electron chi connectivity index (χ0n) is 14.2. The van der Waals surface area contributed by atoms with Crippen molar-refractivity contribution in [2.45, 2.75) is 13.8 Å². The number of nitrogens with one attached hydrogen (secondary N) is 1. The molecular weight excluding hydrogens is 322 g/mol. The molecule has 2 aromatic carbocycles. The van der Waals surface area contributed by atoms with Crippen LogP contribution in [0, 0.1) is 6.92 Å². The molecule has 0 atom stereocenters. The number of esters is 1. The fourth-order valence-electron chi connectivity index (χ4n) is 2.27. The van der Waals surface area contributed by atoms with Crippen molar-refractivity contribution in [3.05, 3.63) is 64.4 Å². The van der Waals surface area contributed by atoms with Gasteiger partial charge in [-0.05, 0) is 42.8 Å². The van der Waals surface area contributed by atoms with Crippen LogP contribution < -0.4 is 15.0 Å². The maximum atomic E-state index is 11.3. The number of hydrogen-bond acceptors (Lipinski definition) is 5. The van der Waals surface area contributed by atoms with Crippen LogP contribution in [0.2, 0.25) is 0 Å². The number of H-pyrrole nitrogens is 1. The standard InChI is InChI=1S/C11H11NO2.C8H8O3/c1-7-6-10(13)12-11-8(7)4-3-5-9(11)14-2;1-6(9)11-8-4-2-7(10)3-5-8/h3-6H,1-2H3,(H,12,13);2-5,10H,1H3. The Hall–Kier alpha value is -3.28. The van der Waals surface area contributed by atoms with Crippen LogP contribution in [0.15, 0.2) is 53.3 Å². The highest BCUT2D eigenvalue weighted by molar-refractivity contribution is 5.86. The first kappa shape index (κ1) is 18.1. The Morgan fingerprint density at radius 1 is 1.12 bits per heavy atom. The number of phenols is 1. The first-order chi connectivity index (χ1) is 11.9. The number of aromatic nitrogens is 1. The van der Waals surface area contributed by atoms with Crippen LogP contribution in [0.3, 0.4) is 0 Å². The van der Waals surface area contributed by atoms with Gasteiger partial charge >= 0.3 is 5.97 Å². The molecular formula is C19H19NO5. The number of carbonyl (C=O) groups excluding carboxylic acids is 1. The minimum Gasteiger partial charge on any atom is -0.508 e. The van der Waals surface area contributed by atoms with Crippen molar-refractivity contribution < 1.29 is 19.4 Å². The van der Waals surface area contributed by atoms with Gasteiger partial charge in [-0.2, -0.15) is 0 Å². The zero-order chi connectivity index (χ0) is 18.4. The Labute approximate surface area is 144 Å². The lowest BCUT2D eigenvalue weighted by molar-refractivity contribution is -0.131. The van der Waals surface area contributed by atoms with E-state index in [-0.39, 0.29) is 17.3 Å². The number of carbonyl (C=O) groups is 1. The average Bonchev–Trinajstić information content (AvgIpc) is 2.56. The summed E-state index contributed by atoms with van der Waals surface area (Å²) in [6.07, 6.45) is 0. The summed E-state index contributed by atoms with van der Waals surface area (Å²) in [7, 11) is 1.59. The zero-order valence-corrected chi connectivity index (χ0v) is 14.2. The Morgan fingerprint density at radius 3 is 2.40 bits per heavy atom. The molecule has 0 radical (unpaired) electrons. The lowest BCUT2D eigenvalue weighted by atomic mass is 10.1. The molecule has 0 fully saturated rings. The van der Waals surface area contributed by atoms with Gasteiger partial charge in [0.15, 0.2) is 0 Å². The smallest absolute Gasteiger partial charge is 0.308 e. The molecule has 0 saturated heterocycles. The number of ether oxygens (including phenoxy) is 2. The van der Waals surface area contributed by atoms with Crippen molar-refractivity contribution >= 4 is 16.9 Å². The lowest BCUT2D eigenvalue weighted by Crippen LogP contribution is -2.05. The number of aromatic hydroxyl groups is 1. The second-order valence-electron chi connectivity index (χ2n) is 5.29. The summed E-state index contributed by atoms with van der Waals surface area (Å²) in [5.74, 6) is 0.926. The number of benzene rings is 2. The highest BCUT2D eigenvalue weighted by Crippen LogP contribution is 2.23. The molecule has 2 N–H and O–H groups in total. The number of hydrogen-bond donors (Lipinski definition) is 2.